The molecule has 0 rings (SSSR count). The van der Waals surface area contributed by atoms with Gasteiger partial charge in [0, 0.05) is 19.3 Å². The molecule has 0 spiro atoms. The summed E-state index contributed by atoms with van der Waals surface area (Å²) in [5.74, 6) is -0.868. The monoisotopic (exact) mass is 1080 g/mol. The summed E-state index contributed by atoms with van der Waals surface area (Å²) in [7, 11) is 0. The Balaban J connectivity index is 3.91. The Labute approximate surface area is 480 Å². The van der Waals surface area contributed by atoms with E-state index in [1.54, 1.807) is 0 Å². The zero-order chi connectivity index (χ0) is 55.7. The van der Waals surface area contributed by atoms with Gasteiger partial charge in [-0.25, -0.2) is 0 Å². The summed E-state index contributed by atoms with van der Waals surface area (Å²) < 4.78 is 16.8. The van der Waals surface area contributed by atoms with Crippen molar-refractivity contribution < 1.29 is 28.6 Å². The van der Waals surface area contributed by atoms with Crippen molar-refractivity contribution >= 4 is 17.9 Å². The molecule has 0 saturated carbocycles. The van der Waals surface area contributed by atoms with Crippen LogP contribution in [0.15, 0.2) is 36.5 Å². The molecule has 0 aromatic heterocycles. The Kier molecular flexibility index (Phi) is 64.1. The minimum Gasteiger partial charge on any atom is -0.462 e. The lowest BCUT2D eigenvalue weighted by molar-refractivity contribution is -0.167. The number of esters is 3. The lowest BCUT2D eigenvalue weighted by Gasteiger charge is -2.18. The van der Waals surface area contributed by atoms with Crippen molar-refractivity contribution in [2.24, 2.45) is 0 Å². The first-order chi connectivity index (χ1) is 38.0. The van der Waals surface area contributed by atoms with Gasteiger partial charge in [0.15, 0.2) is 6.10 Å². The number of hydrogen-bond donors (Lipinski definition) is 0. The van der Waals surface area contributed by atoms with Gasteiger partial charge >= 0.3 is 17.9 Å². The molecule has 0 saturated heterocycles. The van der Waals surface area contributed by atoms with Gasteiger partial charge in [0.25, 0.3) is 0 Å². The molecule has 0 fully saturated rings. The smallest absolute Gasteiger partial charge is 0.306 e. The van der Waals surface area contributed by atoms with Gasteiger partial charge in [-0.15, -0.1) is 0 Å². The summed E-state index contributed by atoms with van der Waals surface area (Å²) in [4.78, 5) is 38.1. The zero-order valence-corrected chi connectivity index (χ0v) is 52.0. The highest BCUT2D eigenvalue weighted by Gasteiger charge is 2.19. The van der Waals surface area contributed by atoms with E-state index in [0.717, 1.165) is 83.5 Å². The van der Waals surface area contributed by atoms with Gasteiger partial charge in [0.1, 0.15) is 13.2 Å². The Morgan fingerprint density at radius 2 is 0.506 bits per heavy atom. The highest BCUT2D eigenvalue weighted by Crippen LogP contribution is 2.19. The third-order valence-electron chi connectivity index (χ3n) is 15.7. The summed E-state index contributed by atoms with van der Waals surface area (Å²) in [5.41, 5.74) is 0. The second-order valence-corrected chi connectivity index (χ2v) is 23.4. The summed E-state index contributed by atoms with van der Waals surface area (Å²) in [6, 6.07) is 0. The van der Waals surface area contributed by atoms with Gasteiger partial charge < -0.3 is 14.2 Å². The van der Waals surface area contributed by atoms with Crippen molar-refractivity contribution in [3.05, 3.63) is 36.5 Å². The standard InChI is InChI=1S/C71H132O6/c1-4-7-10-13-16-18-20-22-24-26-27-28-29-30-31-32-33-34-35-36-37-38-39-40-41-42-43-45-46-48-50-52-55-58-61-64-70(73)76-67-68(66-75-69(72)63-60-57-54-15-12-9-6-3)77-71(74)65-62-59-56-53-51-49-47-44-25-23-21-19-17-14-11-8-5-2/h8,11,17,19,23,25,68H,4-7,9-10,12-16,18,20-22,24,26-67H2,1-3H3/b11-8-,19-17-,25-23-. The van der Waals surface area contributed by atoms with E-state index < -0.39 is 6.10 Å². The van der Waals surface area contributed by atoms with Crippen molar-refractivity contribution in [2.75, 3.05) is 13.2 Å². The molecule has 1 atom stereocenters. The molecule has 1 unspecified atom stereocenters. The second-order valence-electron chi connectivity index (χ2n) is 23.4. The van der Waals surface area contributed by atoms with Crippen molar-refractivity contribution in [2.45, 2.75) is 386 Å². The van der Waals surface area contributed by atoms with Crippen molar-refractivity contribution in [1.82, 2.24) is 0 Å². The topological polar surface area (TPSA) is 78.9 Å². The van der Waals surface area contributed by atoms with Crippen molar-refractivity contribution in [1.29, 1.82) is 0 Å². The first-order valence-corrected chi connectivity index (χ1v) is 34.5. The average molecular weight is 1080 g/mol. The molecule has 0 aromatic carbocycles. The molecule has 0 radical (unpaired) electrons. The molecule has 0 heterocycles. The minimum atomic E-state index is -0.773. The maximum atomic E-state index is 12.8. The van der Waals surface area contributed by atoms with E-state index in [4.69, 9.17) is 14.2 Å². The number of ether oxygens (including phenoxy) is 3. The first-order valence-electron chi connectivity index (χ1n) is 34.5. The average Bonchev–Trinajstić information content (AvgIpc) is 3.43. The van der Waals surface area contributed by atoms with Crippen LogP contribution in [-0.4, -0.2) is 37.2 Å². The molecule has 77 heavy (non-hydrogen) atoms. The Bertz CT molecular complexity index is 1290. The Morgan fingerprint density at radius 1 is 0.273 bits per heavy atom. The predicted molar refractivity (Wildman–Crippen MR) is 335 cm³/mol. The maximum absolute atomic E-state index is 12.8. The second kappa shape index (κ2) is 66.1. The molecule has 0 bridgehead atoms. The number of rotatable bonds is 64. The van der Waals surface area contributed by atoms with Crippen LogP contribution in [0.4, 0.5) is 0 Å². The minimum absolute atomic E-state index is 0.0719. The summed E-state index contributed by atoms with van der Waals surface area (Å²) in [6.07, 6.45) is 82.3. The van der Waals surface area contributed by atoms with Gasteiger partial charge in [-0.1, -0.05) is 346 Å². The van der Waals surface area contributed by atoms with E-state index in [1.807, 2.05) is 0 Å². The highest BCUT2D eigenvalue weighted by atomic mass is 16.6. The van der Waals surface area contributed by atoms with Gasteiger partial charge in [0.2, 0.25) is 0 Å². The quantitative estimate of drug-likeness (QED) is 0.0261. The molecule has 0 amide bonds. The number of hydrogen-bond acceptors (Lipinski definition) is 6. The predicted octanol–water partition coefficient (Wildman–Crippen LogP) is 23.6. The van der Waals surface area contributed by atoms with Crippen LogP contribution in [0.25, 0.3) is 0 Å². The van der Waals surface area contributed by atoms with Crippen LogP contribution in [0, 0.1) is 0 Å². The van der Waals surface area contributed by atoms with E-state index in [0.29, 0.717) is 19.3 Å². The molecule has 6 heteroatoms. The fraction of sp³-hybridized carbons (Fsp3) is 0.873. The molecule has 0 N–H and O–H groups in total. The van der Waals surface area contributed by atoms with E-state index in [1.165, 1.54) is 257 Å². The van der Waals surface area contributed by atoms with Crippen LogP contribution >= 0.6 is 0 Å². The number of allylic oxidation sites excluding steroid dienone is 6. The lowest BCUT2D eigenvalue weighted by Crippen LogP contribution is -2.30. The van der Waals surface area contributed by atoms with Crippen LogP contribution in [0.1, 0.15) is 380 Å². The van der Waals surface area contributed by atoms with Crippen molar-refractivity contribution in [3.63, 3.8) is 0 Å². The maximum Gasteiger partial charge on any atom is 0.306 e. The molecule has 0 aliphatic carbocycles. The van der Waals surface area contributed by atoms with Crippen molar-refractivity contribution in [3.8, 4) is 0 Å². The summed E-state index contributed by atoms with van der Waals surface area (Å²) in [5, 5.41) is 0. The fourth-order valence-electron chi connectivity index (χ4n) is 10.5. The largest absolute Gasteiger partial charge is 0.462 e. The third kappa shape index (κ3) is 64.3. The van der Waals surface area contributed by atoms with Gasteiger partial charge in [-0.3, -0.25) is 14.4 Å². The van der Waals surface area contributed by atoms with E-state index in [2.05, 4.69) is 57.2 Å². The van der Waals surface area contributed by atoms with Crippen LogP contribution in [-0.2, 0) is 28.6 Å². The molecule has 6 nitrogen and oxygen atoms in total. The van der Waals surface area contributed by atoms with Gasteiger partial charge in [0.05, 0.1) is 0 Å². The van der Waals surface area contributed by atoms with Crippen LogP contribution < -0.4 is 0 Å². The third-order valence-corrected chi connectivity index (χ3v) is 15.7. The van der Waals surface area contributed by atoms with Crippen LogP contribution in [0.5, 0.6) is 0 Å². The molecular weight excluding hydrogens is 949 g/mol. The molecule has 0 aliphatic rings. The van der Waals surface area contributed by atoms with E-state index in [-0.39, 0.29) is 31.1 Å². The highest BCUT2D eigenvalue weighted by molar-refractivity contribution is 5.71. The van der Waals surface area contributed by atoms with E-state index in [9.17, 15) is 14.4 Å². The van der Waals surface area contributed by atoms with E-state index >= 15 is 0 Å². The van der Waals surface area contributed by atoms with Crippen LogP contribution in [0.3, 0.4) is 0 Å². The summed E-state index contributed by atoms with van der Waals surface area (Å²) >= 11 is 0. The fourth-order valence-corrected chi connectivity index (χ4v) is 10.5. The van der Waals surface area contributed by atoms with Gasteiger partial charge in [-0.05, 0) is 51.4 Å². The molecular formula is C71H132O6. The Hall–Kier alpha value is -2.37. The van der Waals surface area contributed by atoms with Crippen LogP contribution in [0.2, 0.25) is 0 Å². The number of carbonyl (C=O) groups excluding carboxylic acids is 3. The molecule has 452 valence electrons. The van der Waals surface area contributed by atoms with Gasteiger partial charge in [-0.2, -0.15) is 0 Å². The molecule has 0 aromatic rings. The zero-order valence-electron chi connectivity index (χ0n) is 52.0. The summed E-state index contributed by atoms with van der Waals surface area (Å²) in [6.45, 7) is 6.54. The normalized spacial score (nSPS) is 12.2. The lowest BCUT2D eigenvalue weighted by atomic mass is 10.0. The number of unbranched alkanes of at least 4 members (excludes halogenated alkanes) is 47. The Morgan fingerprint density at radius 3 is 0.792 bits per heavy atom. The number of carbonyl (C=O) groups is 3. The SMILES string of the molecule is CC/C=C\C/C=C\C/C=C\CCCCCCCCCC(=O)OC(COC(=O)CCCCCCCCC)COC(=O)CCCCCCCCCCCCCCCCCCCCCCCCCCCCCCCCCCCCC. The molecule has 0 aliphatic heterocycles. The first kappa shape index (κ1) is 74.6.